The molecule has 28 heavy (non-hydrogen) atoms. The maximum absolute atomic E-state index is 12.9. The second-order valence-corrected chi connectivity index (χ2v) is 6.88. The summed E-state index contributed by atoms with van der Waals surface area (Å²) < 4.78 is 0. The lowest BCUT2D eigenvalue weighted by Crippen LogP contribution is -2.24. The maximum atomic E-state index is 12.9. The number of ketones is 2. The fourth-order valence-corrected chi connectivity index (χ4v) is 3.02. The Kier molecular flexibility index (Phi) is 6.51. The molecular formula is C24H20ClNO2. The monoisotopic (exact) mass is 389 g/mol. The van der Waals surface area contributed by atoms with Crippen LogP contribution < -0.4 is 0 Å². The molecule has 0 heterocycles. The second kappa shape index (κ2) is 9.25. The minimum Gasteiger partial charge on any atom is -0.298 e. The summed E-state index contributed by atoms with van der Waals surface area (Å²) in [6.07, 6.45) is 0.0506. The summed E-state index contributed by atoms with van der Waals surface area (Å²) in [5.74, 6) is -1.11. The van der Waals surface area contributed by atoms with Crippen molar-refractivity contribution in [2.24, 2.45) is 10.9 Å². The molecule has 0 aliphatic heterocycles. The van der Waals surface area contributed by atoms with E-state index in [0.717, 1.165) is 5.56 Å². The first-order valence-electron chi connectivity index (χ1n) is 9.05. The number of para-hydroxylation sites is 1. The lowest BCUT2D eigenvalue weighted by Gasteiger charge is -2.12. The van der Waals surface area contributed by atoms with Crippen molar-refractivity contribution < 1.29 is 9.59 Å². The van der Waals surface area contributed by atoms with Crippen LogP contribution in [0.25, 0.3) is 0 Å². The van der Waals surface area contributed by atoms with Gasteiger partial charge in [0.1, 0.15) is 5.78 Å². The molecule has 0 spiro atoms. The number of rotatable bonds is 7. The highest BCUT2D eigenvalue weighted by molar-refractivity contribution is 6.33. The molecule has 1 unspecified atom stereocenters. The van der Waals surface area contributed by atoms with Crippen molar-refractivity contribution in [1.82, 2.24) is 0 Å². The van der Waals surface area contributed by atoms with E-state index in [1.807, 2.05) is 48.5 Å². The average molecular weight is 390 g/mol. The number of hydrogen-bond acceptors (Lipinski definition) is 3. The minimum absolute atomic E-state index is 0.0506. The zero-order valence-electron chi connectivity index (χ0n) is 15.5. The van der Waals surface area contributed by atoms with E-state index in [2.05, 4.69) is 4.99 Å². The van der Waals surface area contributed by atoms with Gasteiger partial charge in [-0.05, 0) is 24.6 Å². The van der Waals surface area contributed by atoms with Crippen molar-refractivity contribution in [1.29, 1.82) is 0 Å². The number of halogens is 1. The summed E-state index contributed by atoms with van der Waals surface area (Å²) in [5.41, 5.74) is 2.55. The number of aliphatic imine (C=N–C) groups is 1. The number of carbonyl (C=O) groups is 2. The molecule has 0 aromatic heterocycles. The van der Waals surface area contributed by atoms with Crippen LogP contribution in [0.2, 0.25) is 5.02 Å². The third kappa shape index (κ3) is 4.81. The normalized spacial score (nSPS) is 12.4. The van der Waals surface area contributed by atoms with Crippen LogP contribution in [0.15, 0.2) is 89.9 Å². The highest BCUT2D eigenvalue weighted by Crippen LogP contribution is 2.26. The summed E-state index contributed by atoms with van der Waals surface area (Å²) in [6, 6.07) is 25.6. The van der Waals surface area contributed by atoms with Gasteiger partial charge in [-0.1, -0.05) is 84.4 Å². The molecule has 0 saturated carbocycles. The molecule has 0 radical (unpaired) electrons. The smallest absolute Gasteiger partial charge is 0.173 e. The first-order chi connectivity index (χ1) is 13.6. The molecule has 0 saturated heterocycles. The van der Waals surface area contributed by atoms with E-state index in [1.54, 1.807) is 43.3 Å². The summed E-state index contributed by atoms with van der Waals surface area (Å²) >= 11 is 6.24. The molecule has 0 aliphatic rings. The first kappa shape index (κ1) is 19.7. The predicted octanol–water partition coefficient (Wildman–Crippen LogP) is 5.94. The van der Waals surface area contributed by atoms with Crippen LogP contribution in [0.1, 0.15) is 29.3 Å². The fourth-order valence-electron chi connectivity index (χ4n) is 2.84. The van der Waals surface area contributed by atoms with Crippen molar-refractivity contribution in [2.45, 2.75) is 13.3 Å². The zero-order chi connectivity index (χ0) is 19.9. The van der Waals surface area contributed by atoms with E-state index in [1.165, 1.54) is 0 Å². The van der Waals surface area contributed by atoms with Crippen molar-refractivity contribution in [3.8, 4) is 0 Å². The quantitative estimate of drug-likeness (QED) is 0.285. The van der Waals surface area contributed by atoms with Crippen LogP contribution in [-0.2, 0) is 4.79 Å². The predicted molar refractivity (Wildman–Crippen MR) is 114 cm³/mol. The molecule has 4 heteroatoms. The molecule has 1 atom stereocenters. The van der Waals surface area contributed by atoms with Crippen LogP contribution in [0, 0.1) is 5.92 Å². The van der Waals surface area contributed by atoms with E-state index in [4.69, 9.17) is 11.6 Å². The lowest BCUT2D eigenvalue weighted by atomic mass is 9.91. The molecule has 0 amide bonds. The number of nitrogens with zero attached hydrogens (tertiary/aromatic N) is 1. The molecule has 0 fully saturated rings. The van der Waals surface area contributed by atoms with Gasteiger partial charge in [0.25, 0.3) is 0 Å². The Balaban J connectivity index is 1.88. The average Bonchev–Trinajstić information content (AvgIpc) is 2.75. The second-order valence-electron chi connectivity index (χ2n) is 6.47. The molecule has 0 aliphatic carbocycles. The van der Waals surface area contributed by atoms with Crippen molar-refractivity contribution >= 4 is 34.6 Å². The van der Waals surface area contributed by atoms with E-state index >= 15 is 0 Å². The van der Waals surface area contributed by atoms with Gasteiger partial charge in [-0.15, -0.1) is 0 Å². The number of benzene rings is 3. The van der Waals surface area contributed by atoms with Gasteiger partial charge >= 0.3 is 0 Å². The van der Waals surface area contributed by atoms with Gasteiger partial charge in [-0.2, -0.15) is 0 Å². The van der Waals surface area contributed by atoms with Crippen molar-refractivity contribution in [3.05, 3.63) is 101 Å². The molecular weight excluding hydrogens is 370 g/mol. The zero-order valence-corrected chi connectivity index (χ0v) is 16.3. The fraction of sp³-hybridized carbons (Fsp3) is 0.125. The number of hydrogen-bond donors (Lipinski definition) is 0. The Morgan fingerprint density at radius 1 is 0.821 bits per heavy atom. The Morgan fingerprint density at radius 3 is 1.96 bits per heavy atom. The van der Waals surface area contributed by atoms with Crippen LogP contribution >= 0.6 is 11.6 Å². The summed E-state index contributed by atoms with van der Waals surface area (Å²) in [4.78, 5) is 30.2. The Bertz CT molecular complexity index is 997. The van der Waals surface area contributed by atoms with Gasteiger partial charge in [0, 0.05) is 5.56 Å². The lowest BCUT2D eigenvalue weighted by molar-refractivity contribution is -0.119. The van der Waals surface area contributed by atoms with Crippen molar-refractivity contribution in [2.75, 3.05) is 0 Å². The Labute approximate surface area is 169 Å². The molecule has 0 bridgehead atoms. The van der Waals surface area contributed by atoms with Gasteiger partial charge in [0.2, 0.25) is 0 Å². The summed E-state index contributed by atoms with van der Waals surface area (Å²) in [5, 5.41) is 0.511. The van der Waals surface area contributed by atoms with Gasteiger partial charge in [-0.25, -0.2) is 0 Å². The van der Waals surface area contributed by atoms with E-state index in [9.17, 15) is 9.59 Å². The Hall–Kier alpha value is -3.04. The largest absolute Gasteiger partial charge is 0.298 e. The topological polar surface area (TPSA) is 46.5 Å². The SMILES string of the molecule is CC(C(=O)CC(=Nc1ccccc1Cl)c1ccccc1)C(=O)c1ccccc1. The molecule has 3 aromatic carbocycles. The van der Waals surface area contributed by atoms with Crippen LogP contribution in [0.5, 0.6) is 0 Å². The van der Waals surface area contributed by atoms with Crippen LogP contribution in [0.3, 0.4) is 0 Å². The maximum Gasteiger partial charge on any atom is 0.173 e. The number of Topliss-reactive ketones (excluding diaryl/α,β-unsaturated/α-hetero) is 2. The molecule has 3 nitrogen and oxygen atoms in total. The third-order valence-electron chi connectivity index (χ3n) is 4.49. The highest BCUT2D eigenvalue weighted by atomic mass is 35.5. The highest BCUT2D eigenvalue weighted by Gasteiger charge is 2.24. The van der Waals surface area contributed by atoms with Gasteiger partial charge in [0.15, 0.2) is 5.78 Å². The number of carbonyl (C=O) groups excluding carboxylic acids is 2. The molecule has 140 valence electrons. The van der Waals surface area contributed by atoms with Crippen LogP contribution in [-0.4, -0.2) is 17.3 Å². The standard InChI is InChI=1S/C24H20ClNO2/c1-17(24(28)19-12-6-3-7-13-19)23(27)16-22(18-10-4-2-5-11-18)26-21-15-9-8-14-20(21)25/h2-15,17H,16H2,1H3. The minimum atomic E-state index is -0.748. The van der Waals surface area contributed by atoms with E-state index in [0.29, 0.717) is 22.0 Å². The van der Waals surface area contributed by atoms with Gasteiger partial charge in [-0.3, -0.25) is 14.6 Å². The Morgan fingerprint density at radius 2 is 1.36 bits per heavy atom. The van der Waals surface area contributed by atoms with Gasteiger partial charge < -0.3 is 0 Å². The molecule has 3 aromatic rings. The van der Waals surface area contributed by atoms with Crippen LogP contribution in [0.4, 0.5) is 5.69 Å². The van der Waals surface area contributed by atoms with E-state index < -0.39 is 5.92 Å². The van der Waals surface area contributed by atoms with E-state index in [-0.39, 0.29) is 18.0 Å². The summed E-state index contributed by atoms with van der Waals surface area (Å²) in [7, 11) is 0. The van der Waals surface area contributed by atoms with Crippen molar-refractivity contribution in [3.63, 3.8) is 0 Å². The molecule has 0 N–H and O–H groups in total. The molecule has 3 rings (SSSR count). The van der Waals surface area contributed by atoms with Gasteiger partial charge in [0.05, 0.1) is 28.8 Å². The summed E-state index contributed by atoms with van der Waals surface area (Å²) in [6.45, 7) is 1.65. The third-order valence-corrected chi connectivity index (χ3v) is 4.81. The first-order valence-corrected chi connectivity index (χ1v) is 9.43.